The second-order valence-corrected chi connectivity index (χ2v) is 15.9. The number of hydrogen-bond acceptors (Lipinski definition) is 4. The minimum absolute atomic E-state index is 0.891. The second-order valence-electron chi connectivity index (χ2n) is 14.8. The number of fused-ring (bicyclic) bond motifs is 9. The molecular weight excluding hydrogens is 727 g/mol. The largest absolute Gasteiger partial charge is 0.456 e. The SMILES string of the molecule is c1ccc(-c2cccc3c2oc2ccc(-c4ccc(N(c5ccc(-c6ccc7oc8ccccc8c7c6)cc5)c5cccc6sc7ccccc7c56)cc4)cc23)cc1. The molecule has 272 valence electrons. The number of furan rings is 2. The molecule has 0 radical (unpaired) electrons. The van der Waals surface area contributed by atoms with Gasteiger partial charge in [0.15, 0.2) is 0 Å². The molecule has 4 heteroatoms. The van der Waals surface area contributed by atoms with Gasteiger partial charge in [-0.1, -0.05) is 127 Å². The molecule has 0 fully saturated rings. The summed E-state index contributed by atoms with van der Waals surface area (Å²) in [7, 11) is 0. The quantitative estimate of drug-likeness (QED) is 0.169. The lowest BCUT2D eigenvalue weighted by Gasteiger charge is -2.27. The predicted octanol–water partition coefficient (Wildman–Crippen LogP) is 16.3. The Bertz CT molecular complexity index is 3500. The Hall–Kier alpha value is -7.40. The monoisotopic (exact) mass is 759 g/mol. The summed E-state index contributed by atoms with van der Waals surface area (Å²) in [5.41, 5.74) is 13.8. The number of anilines is 3. The highest BCUT2D eigenvalue weighted by Gasteiger charge is 2.20. The lowest BCUT2D eigenvalue weighted by Crippen LogP contribution is -2.10. The van der Waals surface area contributed by atoms with Crippen LogP contribution in [-0.2, 0) is 0 Å². The molecule has 12 rings (SSSR count). The van der Waals surface area contributed by atoms with Gasteiger partial charge in [0, 0.05) is 58.7 Å². The lowest BCUT2D eigenvalue weighted by atomic mass is 9.99. The molecule has 0 saturated heterocycles. The van der Waals surface area contributed by atoms with Crippen molar-refractivity contribution in [2.24, 2.45) is 0 Å². The Kier molecular flexibility index (Phi) is 7.40. The van der Waals surface area contributed by atoms with Gasteiger partial charge in [-0.2, -0.15) is 0 Å². The molecule has 3 heterocycles. The second kappa shape index (κ2) is 13.1. The van der Waals surface area contributed by atoms with Crippen molar-refractivity contribution in [1.82, 2.24) is 0 Å². The molecule has 58 heavy (non-hydrogen) atoms. The van der Waals surface area contributed by atoms with Crippen molar-refractivity contribution >= 4 is 92.4 Å². The maximum atomic E-state index is 6.50. The minimum Gasteiger partial charge on any atom is -0.456 e. The van der Waals surface area contributed by atoms with Crippen LogP contribution in [0.5, 0.6) is 0 Å². The van der Waals surface area contributed by atoms with Crippen LogP contribution in [0, 0.1) is 0 Å². The van der Waals surface area contributed by atoms with Crippen molar-refractivity contribution in [3.63, 3.8) is 0 Å². The fraction of sp³-hybridized carbons (Fsp3) is 0. The van der Waals surface area contributed by atoms with Crippen molar-refractivity contribution in [3.05, 3.63) is 200 Å². The molecule has 0 aliphatic carbocycles. The zero-order chi connectivity index (χ0) is 38.2. The number of rotatable bonds is 6. The van der Waals surface area contributed by atoms with Crippen LogP contribution in [0.4, 0.5) is 17.1 Å². The lowest BCUT2D eigenvalue weighted by molar-refractivity contribution is 0.669. The van der Waals surface area contributed by atoms with Crippen molar-refractivity contribution in [3.8, 4) is 33.4 Å². The summed E-state index contributed by atoms with van der Waals surface area (Å²) < 4.78 is 15.2. The van der Waals surface area contributed by atoms with Crippen molar-refractivity contribution in [2.75, 3.05) is 4.90 Å². The number of benzene rings is 9. The van der Waals surface area contributed by atoms with Crippen LogP contribution in [-0.4, -0.2) is 0 Å². The Morgan fingerprint density at radius 3 is 1.64 bits per heavy atom. The topological polar surface area (TPSA) is 29.5 Å². The standard InChI is InChI=1S/C54H33NO2S/c1-2-10-36(11-3-1)41-14-8-15-43-46-33-38(25-31-50(46)57-54(41)43)35-22-28-40(29-23-35)55(47-16-9-19-52-53(47)44-13-5-7-18-51(44)58-52)39-26-20-34(21-27-39)37-24-30-49-45(32-37)42-12-4-6-17-48(42)56-49/h1-33H. The Labute approximate surface area is 338 Å². The fourth-order valence-corrected chi connectivity index (χ4v) is 9.83. The van der Waals surface area contributed by atoms with E-state index in [9.17, 15) is 0 Å². The molecule has 0 spiro atoms. The summed E-state index contributed by atoms with van der Waals surface area (Å²) in [6.45, 7) is 0. The highest BCUT2D eigenvalue weighted by molar-refractivity contribution is 7.26. The average Bonchev–Trinajstić information content (AvgIpc) is 3.98. The van der Waals surface area contributed by atoms with Crippen molar-refractivity contribution in [1.29, 1.82) is 0 Å². The summed E-state index contributed by atoms with van der Waals surface area (Å²) in [4.78, 5) is 2.40. The molecule has 3 nitrogen and oxygen atoms in total. The minimum atomic E-state index is 0.891. The van der Waals surface area contributed by atoms with E-state index in [2.05, 4.69) is 187 Å². The molecule has 0 saturated carbocycles. The number of hydrogen-bond donors (Lipinski definition) is 0. The van der Waals surface area contributed by atoms with Gasteiger partial charge in [-0.05, 0) is 101 Å². The molecule has 0 atom stereocenters. The number of thiophene rings is 1. The number of nitrogens with zero attached hydrogens (tertiary/aromatic N) is 1. The van der Waals surface area contributed by atoms with Gasteiger partial charge in [-0.3, -0.25) is 0 Å². The highest BCUT2D eigenvalue weighted by Crippen LogP contribution is 2.46. The molecule has 9 aromatic carbocycles. The maximum Gasteiger partial charge on any atom is 0.143 e. The summed E-state index contributed by atoms with van der Waals surface area (Å²) >= 11 is 1.85. The number of para-hydroxylation sites is 2. The molecule has 0 aliphatic rings. The highest BCUT2D eigenvalue weighted by atomic mass is 32.1. The smallest absolute Gasteiger partial charge is 0.143 e. The third-order valence-corrected chi connectivity index (χ3v) is 12.6. The van der Waals surface area contributed by atoms with E-state index in [1.807, 2.05) is 29.5 Å². The van der Waals surface area contributed by atoms with Crippen LogP contribution in [0.15, 0.2) is 209 Å². The van der Waals surface area contributed by atoms with E-state index in [4.69, 9.17) is 8.83 Å². The summed E-state index contributed by atoms with van der Waals surface area (Å²) in [5.74, 6) is 0. The zero-order valence-electron chi connectivity index (χ0n) is 31.2. The van der Waals surface area contributed by atoms with Crippen molar-refractivity contribution < 1.29 is 8.83 Å². The van der Waals surface area contributed by atoms with E-state index in [0.29, 0.717) is 0 Å². The van der Waals surface area contributed by atoms with Gasteiger partial charge < -0.3 is 13.7 Å². The third-order valence-electron chi connectivity index (χ3n) is 11.5. The van der Waals surface area contributed by atoms with Crippen LogP contribution in [0.25, 0.3) is 97.4 Å². The van der Waals surface area contributed by atoms with Crippen molar-refractivity contribution in [2.45, 2.75) is 0 Å². The zero-order valence-corrected chi connectivity index (χ0v) is 32.0. The Morgan fingerprint density at radius 2 is 0.897 bits per heavy atom. The van der Waals surface area contributed by atoms with Gasteiger partial charge in [0.2, 0.25) is 0 Å². The maximum absolute atomic E-state index is 6.50. The van der Waals surface area contributed by atoms with Gasteiger partial charge in [0.05, 0.1) is 5.69 Å². The summed E-state index contributed by atoms with van der Waals surface area (Å²) in [5, 5.41) is 7.04. The molecule has 0 aliphatic heterocycles. The van der Waals surface area contributed by atoms with E-state index in [-0.39, 0.29) is 0 Å². The Morgan fingerprint density at radius 1 is 0.345 bits per heavy atom. The Balaban J connectivity index is 0.958. The van der Waals surface area contributed by atoms with E-state index in [1.165, 1.54) is 20.2 Å². The molecule has 0 unspecified atom stereocenters. The van der Waals surface area contributed by atoms with E-state index in [0.717, 1.165) is 94.3 Å². The first kappa shape index (κ1) is 32.8. The molecule has 0 amide bonds. The summed E-state index contributed by atoms with van der Waals surface area (Å²) in [6.07, 6.45) is 0. The predicted molar refractivity (Wildman–Crippen MR) is 245 cm³/mol. The van der Waals surface area contributed by atoms with Crippen LogP contribution in [0.3, 0.4) is 0 Å². The van der Waals surface area contributed by atoms with Crippen LogP contribution in [0.1, 0.15) is 0 Å². The fourth-order valence-electron chi connectivity index (χ4n) is 8.70. The molecule has 12 aromatic rings. The van der Waals surface area contributed by atoms with E-state index in [1.54, 1.807) is 0 Å². The molecule has 3 aromatic heterocycles. The average molecular weight is 760 g/mol. The third kappa shape index (κ3) is 5.27. The first-order valence-corrected chi connectivity index (χ1v) is 20.4. The normalized spacial score (nSPS) is 11.8. The molecule has 0 bridgehead atoms. The van der Waals surface area contributed by atoms with E-state index >= 15 is 0 Å². The van der Waals surface area contributed by atoms with Crippen LogP contribution >= 0.6 is 11.3 Å². The molecule has 0 N–H and O–H groups in total. The first-order chi connectivity index (χ1) is 28.7. The molecular formula is C54H33NO2S. The van der Waals surface area contributed by atoms with E-state index < -0.39 is 0 Å². The van der Waals surface area contributed by atoms with Gasteiger partial charge in [-0.15, -0.1) is 11.3 Å². The van der Waals surface area contributed by atoms with Crippen LogP contribution in [0.2, 0.25) is 0 Å². The van der Waals surface area contributed by atoms with Gasteiger partial charge in [-0.25, -0.2) is 0 Å². The first-order valence-electron chi connectivity index (χ1n) is 19.6. The van der Waals surface area contributed by atoms with Gasteiger partial charge in [0.1, 0.15) is 22.3 Å². The summed E-state index contributed by atoms with van der Waals surface area (Å²) in [6, 6.07) is 71.5. The van der Waals surface area contributed by atoms with Gasteiger partial charge in [0.25, 0.3) is 0 Å². The van der Waals surface area contributed by atoms with Gasteiger partial charge >= 0.3 is 0 Å². The van der Waals surface area contributed by atoms with Crippen LogP contribution < -0.4 is 4.90 Å².